The number of hydrogen-bond acceptors (Lipinski definition) is 3. The summed E-state index contributed by atoms with van der Waals surface area (Å²) in [5.74, 6) is 1.84. The van der Waals surface area contributed by atoms with Gasteiger partial charge in [0.15, 0.2) is 0 Å². The number of benzene rings is 1. The molecule has 1 N–H and O–H groups in total. The Morgan fingerprint density at radius 1 is 1.35 bits per heavy atom. The summed E-state index contributed by atoms with van der Waals surface area (Å²) < 4.78 is 11.7. The summed E-state index contributed by atoms with van der Waals surface area (Å²) in [6, 6.07) is 6.57. The first-order chi connectivity index (χ1) is 9.55. The largest absolute Gasteiger partial charge is 0.494 e. The maximum absolute atomic E-state index is 6.12. The Bertz CT molecular complexity index is 443. The van der Waals surface area contributed by atoms with E-state index in [0.29, 0.717) is 12.6 Å². The van der Waals surface area contributed by atoms with E-state index in [4.69, 9.17) is 9.47 Å². The number of ether oxygens (including phenoxy) is 2. The summed E-state index contributed by atoms with van der Waals surface area (Å²) in [5.41, 5.74) is 1.12. The zero-order valence-corrected chi connectivity index (χ0v) is 13.2. The third kappa shape index (κ3) is 3.66. The van der Waals surface area contributed by atoms with Gasteiger partial charge in [-0.1, -0.05) is 19.4 Å². The molecule has 20 heavy (non-hydrogen) atoms. The van der Waals surface area contributed by atoms with Crippen LogP contribution in [-0.2, 0) is 0 Å². The molecule has 0 fully saturated rings. The van der Waals surface area contributed by atoms with Crippen molar-refractivity contribution in [3.8, 4) is 11.5 Å². The Balaban J connectivity index is 2.20. The number of hydrogen-bond donors (Lipinski definition) is 1. The molecule has 0 bridgehead atoms. The lowest BCUT2D eigenvalue weighted by Gasteiger charge is -2.38. The van der Waals surface area contributed by atoms with Crippen molar-refractivity contribution in [3.05, 3.63) is 23.8 Å². The molecule has 0 saturated heterocycles. The van der Waals surface area contributed by atoms with Crippen LogP contribution in [0.3, 0.4) is 0 Å². The molecule has 0 aromatic heterocycles. The van der Waals surface area contributed by atoms with Crippen LogP contribution >= 0.6 is 0 Å². The van der Waals surface area contributed by atoms with Crippen LogP contribution in [0.25, 0.3) is 0 Å². The fourth-order valence-electron chi connectivity index (χ4n) is 2.72. The van der Waals surface area contributed by atoms with Gasteiger partial charge in [-0.15, -0.1) is 0 Å². The Labute approximate surface area is 122 Å². The molecule has 1 unspecified atom stereocenters. The molecule has 1 heterocycles. The first-order valence-electron chi connectivity index (χ1n) is 7.75. The van der Waals surface area contributed by atoms with Crippen LogP contribution < -0.4 is 14.8 Å². The summed E-state index contributed by atoms with van der Waals surface area (Å²) in [7, 11) is 0. The highest BCUT2D eigenvalue weighted by Gasteiger charge is 2.33. The van der Waals surface area contributed by atoms with Gasteiger partial charge in [0.1, 0.15) is 17.1 Å². The summed E-state index contributed by atoms with van der Waals surface area (Å²) in [4.78, 5) is 0. The molecule has 2 rings (SSSR count). The highest BCUT2D eigenvalue weighted by Crippen LogP contribution is 2.41. The fourth-order valence-corrected chi connectivity index (χ4v) is 2.72. The number of unbranched alkanes of at least 4 members (excludes halogenated alkanes) is 1. The van der Waals surface area contributed by atoms with Crippen LogP contribution in [0.15, 0.2) is 18.2 Å². The van der Waals surface area contributed by atoms with Crippen molar-refractivity contribution in [2.45, 2.75) is 58.6 Å². The lowest BCUT2D eigenvalue weighted by Crippen LogP contribution is -2.39. The Morgan fingerprint density at radius 2 is 2.15 bits per heavy atom. The van der Waals surface area contributed by atoms with Crippen molar-refractivity contribution in [1.82, 2.24) is 5.32 Å². The van der Waals surface area contributed by atoms with Gasteiger partial charge in [-0.25, -0.2) is 0 Å². The second-order valence-electron chi connectivity index (χ2n) is 6.06. The average molecular weight is 277 g/mol. The van der Waals surface area contributed by atoms with Gasteiger partial charge in [0, 0.05) is 24.1 Å². The van der Waals surface area contributed by atoms with Gasteiger partial charge >= 0.3 is 0 Å². The second-order valence-corrected chi connectivity index (χ2v) is 6.06. The van der Waals surface area contributed by atoms with E-state index in [2.05, 4.69) is 32.2 Å². The van der Waals surface area contributed by atoms with Gasteiger partial charge in [0.2, 0.25) is 0 Å². The maximum Gasteiger partial charge on any atom is 0.128 e. The first-order valence-corrected chi connectivity index (χ1v) is 7.75. The molecular weight excluding hydrogens is 250 g/mol. The van der Waals surface area contributed by atoms with Crippen LogP contribution in [0.5, 0.6) is 11.5 Å². The van der Waals surface area contributed by atoms with E-state index in [1.165, 1.54) is 18.4 Å². The third-order valence-corrected chi connectivity index (χ3v) is 3.67. The standard InChI is InChI=1S/C17H27NO2/c1-5-7-10-18-15-12-17(3,4)20-16-11-13(19-6-2)8-9-14(15)16/h8-9,11,15,18H,5-7,10,12H2,1-4H3. The monoisotopic (exact) mass is 277 g/mol. The molecule has 1 aromatic carbocycles. The quantitative estimate of drug-likeness (QED) is 0.795. The van der Waals surface area contributed by atoms with E-state index >= 15 is 0 Å². The molecule has 0 spiro atoms. The Hall–Kier alpha value is -1.22. The fraction of sp³-hybridized carbons (Fsp3) is 0.647. The summed E-state index contributed by atoms with van der Waals surface area (Å²) >= 11 is 0. The predicted molar refractivity (Wildman–Crippen MR) is 82.6 cm³/mol. The number of fused-ring (bicyclic) bond motifs is 1. The molecule has 0 amide bonds. The van der Waals surface area contributed by atoms with Crippen LogP contribution in [0.1, 0.15) is 58.6 Å². The normalized spacial score (nSPS) is 20.1. The molecule has 112 valence electrons. The van der Waals surface area contributed by atoms with Crippen LogP contribution in [0.2, 0.25) is 0 Å². The highest BCUT2D eigenvalue weighted by atomic mass is 16.5. The van der Waals surface area contributed by atoms with Crippen molar-refractivity contribution in [1.29, 1.82) is 0 Å². The van der Waals surface area contributed by atoms with Crippen LogP contribution in [0.4, 0.5) is 0 Å². The molecule has 1 aromatic rings. The molecular formula is C17H27NO2. The lowest BCUT2D eigenvalue weighted by atomic mass is 9.89. The summed E-state index contributed by atoms with van der Waals surface area (Å²) in [6.45, 7) is 10.3. The molecule has 3 heteroatoms. The summed E-state index contributed by atoms with van der Waals surface area (Å²) in [5, 5.41) is 3.66. The van der Waals surface area contributed by atoms with Gasteiger partial charge in [-0.2, -0.15) is 0 Å². The Kier molecular flexibility index (Phi) is 4.92. The van der Waals surface area contributed by atoms with E-state index < -0.39 is 0 Å². The second kappa shape index (κ2) is 6.49. The van der Waals surface area contributed by atoms with E-state index in [0.717, 1.165) is 24.5 Å². The molecule has 1 atom stereocenters. The van der Waals surface area contributed by atoms with Gasteiger partial charge < -0.3 is 14.8 Å². The third-order valence-electron chi connectivity index (χ3n) is 3.67. The molecule has 1 aliphatic heterocycles. The zero-order valence-electron chi connectivity index (χ0n) is 13.2. The summed E-state index contributed by atoms with van der Waals surface area (Å²) in [6.07, 6.45) is 3.43. The smallest absolute Gasteiger partial charge is 0.128 e. The van der Waals surface area contributed by atoms with Gasteiger partial charge in [-0.3, -0.25) is 0 Å². The molecule has 0 aliphatic carbocycles. The molecule has 0 radical (unpaired) electrons. The highest BCUT2D eigenvalue weighted by molar-refractivity contribution is 5.44. The van der Waals surface area contributed by atoms with Crippen LogP contribution in [0, 0.1) is 0 Å². The van der Waals surface area contributed by atoms with Crippen LogP contribution in [-0.4, -0.2) is 18.8 Å². The van der Waals surface area contributed by atoms with Crippen molar-refractivity contribution in [2.24, 2.45) is 0 Å². The van der Waals surface area contributed by atoms with Gasteiger partial charge in [-0.05, 0) is 39.8 Å². The van der Waals surface area contributed by atoms with Crippen molar-refractivity contribution in [3.63, 3.8) is 0 Å². The zero-order chi connectivity index (χ0) is 14.6. The van der Waals surface area contributed by atoms with Crippen molar-refractivity contribution in [2.75, 3.05) is 13.2 Å². The average Bonchev–Trinajstić information content (AvgIpc) is 2.37. The predicted octanol–water partition coefficient (Wildman–Crippen LogP) is 4.08. The molecule has 3 nitrogen and oxygen atoms in total. The van der Waals surface area contributed by atoms with E-state index in [1.54, 1.807) is 0 Å². The minimum Gasteiger partial charge on any atom is -0.494 e. The molecule has 1 aliphatic rings. The first kappa shape index (κ1) is 15.2. The van der Waals surface area contributed by atoms with Gasteiger partial charge in [0.05, 0.1) is 6.61 Å². The number of nitrogens with one attached hydrogen (secondary N) is 1. The van der Waals surface area contributed by atoms with Crippen molar-refractivity contribution >= 4 is 0 Å². The van der Waals surface area contributed by atoms with E-state index in [-0.39, 0.29) is 5.60 Å². The minimum absolute atomic E-state index is 0.137. The maximum atomic E-state index is 6.12. The van der Waals surface area contributed by atoms with Gasteiger partial charge in [0.25, 0.3) is 0 Å². The van der Waals surface area contributed by atoms with E-state index in [9.17, 15) is 0 Å². The SMILES string of the molecule is CCCCNC1CC(C)(C)Oc2cc(OCC)ccc21. The van der Waals surface area contributed by atoms with Crippen molar-refractivity contribution < 1.29 is 9.47 Å². The van der Waals surface area contributed by atoms with E-state index in [1.807, 2.05) is 19.1 Å². The minimum atomic E-state index is -0.137. The number of rotatable bonds is 6. The molecule has 0 saturated carbocycles. The Morgan fingerprint density at radius 3 is 2.85 bits per heavy atom. The lowest BCUT2D eigenvalue weighted by molar-refractivity contribution is 0.0657. The topological polar surface area (TPSA) is 30.5 Å².